The van der Waals surface area contributed by atoms with Gasteiger partial charge in [0.25, 0.3) is 10.0 Å². The normalized spacial score (nSPS) is 14.5. The summed E-state index contributed by atoms with van der Waals surface area (Å²) < 4.78 is 41.9. The van der Waals surface area contributed by atoms with Crippen molar-refractivity contribution in [1.29, 1.82) is 0 Å². The number of carbonyl (C=O) groups is 2. The monoisotopic (exact) mass is 571 g/mol. The van der Waals surface area contributed by atoms with E-state index in [0.717, 1.165) is 59.8 Å². The highest BCUT2D eigenvalue weighted by molar-refractivity contribution is 7.92. The van der Waals surface area contributed by atoms with E-state index in [9.17, 15) is 22.4 Å². The van der Waals surface area contributed by atoms with Crippen LogP contribution in [0, 0.1) is 5.82 Å². The van der Waals surface area contributed by atoms with Crippen molar-refractivity contribution in [2.45, 2.75) is 56.1 Å². The molecule has 3 aromatic carbocycles. The number of sulfonamides is 1. The van der Waals surface area contributed by atoms with Crippen molar-refractivity contribution in [2.24, 2.45) is 0 Å². The van der Waals surface area contributed by atoms with Gasteiger partial charge in [0.1, 0.15) is 18.4 Å². The van der Waals surface area contributed by atoms with Gasteiger partial charge >= 0.3 is 0 Å². The molecule has 0 unspecified atom stereocenters. The minimum atomic E-state index is -4.24. The first-order chi connectivity index (χ1) is 18.6. The minimum absolute atomic E-state index is 0.0621. The summed E-state index contributed by atoms with van der Waals surface area (Å²) in [7, 11) is -4.24. The van der Waals surface area contributed by atoms with Crippen LogP contribution in [0.2, 0.25) is 5.02 Å². The van der Waals surface area contributed by atoms with E-state index in [4.69, 9.17) is 11.6 Å². The van der Waals surface area contributed by atoms with E-state index < -0.39 is 34.3 Å². The summed E-state index contributed by atoms with van der Waals surface area (Å²) in [6.07, 6.45) is 3.86. The van der Waals surface area contributed by atoms with Crippen LogP contribution in [0.5, 0.6) is 0 Å². The summed E-state index contributed by atoms with van der Waals surface area (Å²) in [5, 5.41) is 3.57. The van der Waals surface area contributed by atoms with Crippen molar-refractivity contribution in [2.75, 3.05) is 10.8 Å². The Labute approximate surface area is 233 Å². The van der Waals surface area contributed by atoms with Crippen LogP contribution < -0.4 is 9.62 Å². The maximum Gasteiger partial charge on any atom is 0.264 e. The van der Waals surface area contributed by atoms with Crippen LogP contribution >= 0.6 is 11.6 Å². The van der Waals surface area contributed by atoms with Crippen molar-refractivity contribution < 1.29 is 22.4 Å². The predicted octanol–water partition coefficient (Wildman–Crippen LogP) is 5.15. The van der Waals surface area contributed by atoms with Gasteiger partial charge in [0.05, 0.1) is 10.6 Å². The predicted molar refractivity (Wildman–Crippen MR) is 149 cm³/mol. The number of rotatable bonds is 10. The summed E-state index contributed by atoms with van der Waals surface area (Å²) >= 11 is 6.03. The molecule has 0 saturated heterocycles. The van der Waals surface area contributed by atoms with Gasteiger partial charge in [-0.2, -0.15) is 0 Å². The van der Waals surface area contributed by atoms with Crippen molar-refractivity contribution in [3.63, 3.8) is 0 Å². The van der Waals surface area contributed by atoms with E-state index in [1.807, 2.05) is 0 Å². The zero-order valence-corrected chi connectivity index (χ0v) is 23.2. The van der Waals surface area contributed by atoms with Crippen molar-refractivity contribution in [1.82, 2.24) is 10.2 Å². The molecule has 1 saturated carbocycles. The van der Waals surface area contributed by atoms with Crippen LogP contribution in [-0.4, -0.2) is 43.8 Å². The Hall–Kier alpha value is -3.43. The Morgan fingerprint density at radius 1 is 0.974 bits per heavy atom. The second-order valence-corrected chi connectivity index (χ2v) is 11.9. The molecule has 1 N–H and O–H groups in total. The number of benzene rings is 3. The molecule has 0 heterocycles. The molecule has 39 heavy (non-hydrogen) atoms. The Bertz CT molecular complexity index is 1380. The molecular weight excluding hydrogens is 541 g/mol. The molecule has 1 atom stereocenters. The number of nitrogens with one attached hydrogen (secondary N) is 1. The number of anilines is 1. The minimum Gasteiger partial charge on any atom is -0.352 e. The van der Waals surface area contributed by atoms with E-state index in [1.165, 1.54) is 4.90 Å². The highest BCUT2D eigenvalue weighted by atomic mass is 35.5. The molecule has 206 valence electrons. The molecule has 3 aromatic rings. The lowest BCUT2D eigenvalue weighted by Crippen LogP contribution is -2.52. The van der Waals surface area contributed by atoms with E-state index in [2.05, 4.69) is 5.32 Å². The smallest absolute Gasteiger partial charge is 0.264 e. The fourth-order valence-corrected chi connectivity index (χ4v) is 6.16. The van der Waals surface area contributed by atoms with Crippen LogP contribution in [0.25, 0.3) is 0 Å². The zero-order chi connectivity index (χ0) is 28.0. The van der Waals surface area contributed by atoms with Crippen LogP contribution in [0.4, 0.5) is 10.1 Å². The summed E-state index contributed by atoms with van der Waals surface area (Å²) in [5.74, 6) is -1.43. The number of para-hydroxylation sites is 1. The first kappa shape index (κ1) is 28.6. The fraction of sp³-hybridized carbons (Fsp3) is 0.310. The maximum absolute atomic E-state index is 13.9. The molecule has 1 fully saturated rings. The standard InChI is InChI=1S/C29H31ClFN3O4S/c1-21(29(36)32-25-7-5-6-8-25)33(19-22-11-13-23(30)14-12-22)28(35)20-34(26-9-3-2-4-10-26)39(37,38)27-17-15-24(31)16-18-27/h2-4,9-18,21,25H,5-8,19-20H2,1H3,(H,32,36)/t21-/m1/s1. The second-order valence-electron chi connectivity index (χ2n) is 9.62. The van der Waals surface area contributed by atoms with Gasteiger partial charge in [-0.25, -0.2) is 12.8 Å². The highest BCUT2D eigenvalue weighted by Gasteiger charge is 2.33. The van der Waals surface area contributed by atoms with Gasteiger partial charge in [-0.05, 0) is 73.9 Å². The average molecular weight is 572 g/mol. The first-order valence-corrected chi connectivity index (χ1v) is 14.6. The second kappa shape index (κ2) is 12.6. The molecule has 0 aromatic heterocycles. The molecule has 0 aliphatic heterocycles. The van der Waals surface area contributed by atoms with Gasteiger partial charge < -0.3 is 10.2 Å². The number of halogens is 2. The largest absolute Gasteiger partial charge is 0.352 e. The Balaban J connectivity index is 1.66. The molecule has 0 spiro atoms. The van der Waals surface area contributed by atoms with Crippen LogP contribution in [0.1, 0.15) is 38.2 Å². The molecule has 10 heteroatoms. The van der Waals surface area contributed by atoms with Crippen molar-refractivity contribution in [3.8, 4) is 0 Å². The Morgan fingerprint density at radius 3 is 2.21 bits per heavy atom. The number of carbonyl (C=O) groups excluding carboxylic acids is 2. The molecule has 1 aliphatic carbocycles. The van der Waals surface area contributed by atoms with Crippen molar-refractivity contribution in [3.05, 3.63) is 95.3 Å². The quantitative estimate of drug-likeness (QED) is 0.365. The van der Waals surface area contributed by atoms with Crippen LogP contribution in [0.15, 0.2) is 83.8 Å². The lowest BCUT2D eigenvalue weighted by Gasteiger charge is -2.32. The Kier molecular flexibility index (Phi) is 9.24. The maximum atomic E-state index is 13.9. The third-order valence-electron chi connectivity index (χ3n) is 6.86. The molecule has 1 aliphatic rings. The fourth-order valence-electron chi connectivity index (χ4n) is 4.62. The molecule has 4 rings (SSSR count). The van der Waals surface area contributed by atoms with Crippen LogP contribution in [0.3, 0.4) is 0 Å². The van der Waals surface area contributed by atoms with Crippen molar-refractivity contribution >= 4 is 39.1 Å². The van der Waals surface area contributed by atoms with E-state index in [-0.39, 0.29) is 29.1 Å². The van der Waals surface area contributed by atoms with Crippen LogP contribution in [-0.2, 0) is 26.2 Å². The zero-order valence-electron chi connectivity index (χ0n) is 21.6. The summed E-state index contributed by atoms with van der Waals surface area (Å²) in [6, 6.07) is 18.7. The molecule has 7 nitrogen and oxygen atoms in total. The Morgan fingerprint density at radius 2 is 1.59 bits per heavy atom. The number of amides is 2. The van der Waals surface area contributed by atoms with E-state index in [1.54, 1.807) is 61.5 Å². The third-order valence-corrected chi connectivity index (χ3v) is 8.90. The lowest BCUT2D eigenvalue weighted by atomic mass is 10.1. The summed E-state index contributed by atoms with van der Waals surface area (Å²) in [5.41, 5.74) is 1.01. The number of hydrogen-bond donors (Lipinski definition) is 1. The van der Waals surface area contributed by atoms with Gasteiger partial charge in [0.15, 0.2) is 0 Å². The van der Waals surface area contributed by atoms with Gasteiger partial charge in [-0.3, -0.25) is 13.9 Å². The first-order valence-electron chi connectivity index (χ1n) is 12.8. The molecule has 2 amide bonds. The molecular formula is C29H31ClFN3O4S. The van der Waals surface area contributed by atoms with Gasteiger partial charge in [0.2, 0.25) is 11.8 Å². The third kappa shape index (κ3) is 7.16. The summed E-state index contributed by atoms with van der Waals surface area (Å²) in [6.45, 7) is 1.16. The topological polar surface area (TPSA) is 86.8 Å². The van der Waals surface area contributed by atoms with Gasteiger partial charge in [0, 0.05) is 17.6 Å². The van der Waals surface area contributed by atoms with Gasteiger partial charge in [-0.15, -0.1) is 0 Å². The molecule has 0 radical (unpaired) electrons. The van der Waals surface area contributed by atoms with E-state index in [0.29, 0.717) is 5.02 Å². The SMILES string of the molecule is C[C@H](C(=O)NC1CCCC1)N(Cc1ccc(Cl)cc1)C(=O)CN(c1ccccc1)S(=O)(=O)c1ccc(F)cc1. The summed E-state index contributed by atoms with van der Waals surface area (Å²) in [4.78, 5) is 28.3. The molecule has 0 bridgehead atoms. The number of nitrogens with zero attached hydrogens (tertiary/aromatic N) is 2. The highest BCUT2D eigenvalue weighted by Crippen LogP contribution is 2.25. The number of hydrogen-bond acceptors (Lipinski definition) is 4. The van der Waals surface area contributed by atoms with E-state index >= 15 is 0 Å². The lowest BCUT2D eigenvalue weighted by molar-refractivity contribution is -0.139. The average Bonchev–Trinajstić information content (AvgIpc) is 3.44. The van der Waals surface area contributed by atoms with Gasteiger partial charge in [-0.1, -0.05) is 54.8 Å².